The van der Waals surface area contributed by atoms with Crippen molar-refractivity contribution in [1.82, 2.24) is 9.88 Å². The molecule has 2 heterocycles. The number of ether oxygens (including phenoxy) is 1. The molecule has 0 fully saturated rings. The summed E-state index contributed by atoms with van der Waals surface area (Å²) in [6, 6.07) is 10.4. The van der Waals surface area contributed by atoms with Gasteiger partial charge in [-0.15, -0.1) is 0 Å². The number of nitrogens with zero attached hydrogens (tertiary/aromatic N) is 1. The van der Waals surface area contributed by atoms with Gasteiger partial charge in [-0.1, -0.05) is 24.3 Å². The molecule has 3 rings (SSSR count). The summed E-state index contributed by atoms with van der Waals surface area (Å²) in [6.45, 7) is 4.72. The Morgan fingerprint density at radius 3 is 3.05 bits per heavy atom. The van der Waals surface area contributed by atoms with Gasteiger partial charge >= 0.3 is 5.97 Å². The number of carbonyl (C=O) groups excluding carboxylic acids is 1. The number of H-pyrrole nitrogens is 1. The number of hydrogen-bond donors (Lipinski definition) is 1. The first kappa shape index (κ1) is 13.9. The zero-order chi connectivity index (χ0) is 14.7. The number of nitrogens with one attached hydrogen (secondary N) is 1. The van der Waals surface area contributed by atoms with Gasteiger partial charge in [-0.3, -0.25) is 4.90 Å². The van der Waals surface area contributed by atoms with Crippen molar-refractivity contribution in [3.63, 3.8) is 0 Å². The third kappa shape index (κ3) is 3.16. The quantitative estimate of drug-likeness (QED) is 0.878. The molecule has 1 aliphatic rings. The maximum absolute atomic E-state index is 11.8. The molecule has 0 amide bonds. The molecule has 1 aromatic heterocycles. The Bertz CT molecular complexity index is 639. The summed E-state index contributed by atoms with van der Waals surface area (Å²) in [5.41, 5.74) is 3.12. The van der Waals surface area contributed by atoms with Crippen molar-refractivity contribution in [1.29, 1.82) is 0 Å². The molecule has 1 aliphatic heterocycles. The molecule has 0 saturated heterocycles. The summed E-state index contributed by atoms with van der Waals surface area (Å²) >= 11 is 0. The fraction of sp³-hybridized carbons (Fsp3) is 0.353. The molecule has 0 bridgehead atoms. The van der Waals surface area contributed by atoms with Crippen LogP contribution in [0.5, 0.6) is 0 Å². The average Bonchev–Trinajstić information content (AvgIpc) is 2.90. The second-order valence-corrected chi connectivity index (χ2v) is 5.33. The summed E-state index contributed by atoms with van der Waals surface area (Å²) < 4.78 is 5.09. The molecule has 0 saturated carbocycles. The molecule has 0 spiro atoms. The first-order valence-corrected chi connectivity index (χ1v) is 7.41. The zero-order valence-electron chi connectivity index (χ0n) is 12.3. The van der Waals surface area contributed by atoms with E-state index in [1.54, 1.807) is 0 Å². The second kappa shape index (κ2) is 6.14. The predicted molar refractivity (Wildman–Crippen MR) is 82.9 cm³/mol. The van der Waals surface area contributed by atoms with Crippen molar-refractivity contribution in [2.24, 2.45) is 0 Å². The van der Waals surface area contributed by atoms with E-state index in [0.717, 1.165) is 30.6 Å². The van der Waals surface area contributed by atoms with Crippen LogP contribution in [-0.2, 0) is 16.1 Å². The molecule has 0 atom stereocenters. The van der Waals surface area contributed by atoms with Crippen LogP contribution in [0.3, 0.4) is 0 Å². The minimum Gasteiger partial charge on any atom is -0.463 e. The van der Waals surface area contributed by atoms with Crippen molar-refractivity contribution < 1.29 is 9.53 Å². The van der Waals surface area contributed by atoms with Crippen LogP contribution in [-0.4, -0.2) is 35.5 Å². The van der Waals surface area contributed by atoms with E-state index in [0.29, 0.717) is 13.2 Å². The Morgan fingerprint density at radius 1 is 1.38 bits per heavy atom. The molecule has 4 heteroatoms. The normalized spacial score (nSPS) is 16.0. The molecule has 0 aliphatic carbocycles. The van der Waals surface area contributed by atoms with Crippen LogP contribution in [0, 0.1) is 0 Å². The fourth-order valence-corrected chi connectivity index (χ4v) is 2.77. The Balaban J connectivity index is 1.68. The molecule has 0 radical (unpaired) electrons. The van der Waals surface area contributed by atoms with Crippen molar-refractivity contribution in [3.8, 4) is 0 Å². The molecule has 4 nitrogen and oxygen atoms in total. The number of carbonyl (C=O) groups is 1. The summed E-state index contributed by atoms with van der Waals surface area (Å²) in [5.74, 6) is -0.182. The topological polar surface area (TPSA) is 45.3 Å². The molecular formula is C17H20N2O2. The van der Waals surface area contributed by atoms with Gasteiger partial charge in [0.15, 0.2) is 0 Å². The van der Waals surface area contributed by atoms with Crippen LogP contribution < -0.4 is 0 Å². The fourth-order valence-electron chi connectivity index (χ4n) is 2.77. The van der Waals surface area contributed by atoms with Gasteiger partial charge < -0.3 is 9.72 Å². The maximum Gasteiger partial charge on any atom is 0.334 e. The lowest BCUT2D eigenvalue weighted by Crippen LogP contribution is -2.32. The Labute approximate surface area is 124 Å². The summed E-state index contributed by atoms with van der Waals surface area (Å²) in [4.78, 5) is 17.5. The van der Waals surface area contributed by atoms with E-state index in [1.807, 2.05) is 25.1 Å². The number of benzene rings is 1. The first-order chi connectivity index (χ1) is 10.3. The molecule has 1 N–H and O–H groups in total. The lowest BCUT2D eigenvalue weighted by atomic mass is 10.1. The number of rotatable bonds is 4. The SMILES string of the molecule is CCOC(=O)C1=CCCN(Cc2cc3ccccc3[nH]2)C1. The highest BCUT2D eigenvalue weighted by atomic mass is 16.5. The van der Waals surface area contributed by atoms with Gasteiger partial charge in [-0.25, -0.2) is 4.79 Å². The van der Waals surface area contributed by atoms with Crippen molar-refractivity contribution in [3.05, 3.63) is 47.7 Å². The van der Waals surface area contributed by atoms with Gasteiger partial charge in [-0.2, -0.15) is 0 Å². The Kier molecular flexibility index (Phi) is 4.06. The van der Waals surface area contributed by atoms with Gasteiger partial charge in [0.1, 0.15) is 0 Å². The van der Waals surface area contributed by atoms with Crippen molar-refractivity contribution in [2.45, 2.75) is 19.9 Å². The van der Waals surface area contributed by atoms with Crippen LogP contribution in [0.15, 0.2) is 42.0 Å². The van der Waals surface area contributed by atoms with E-state index in [4.69, 9.17) is 4.74 Å². The highest BCUT2D eigenvalue weighted by Gasteiger charge is 2.19. The summed E-state index contributed by atoms with van der Waals surface area (Å²) in [5, 5.41) is 1.23. The molecule has 1 aromatic carbocycles. The average molecular weight is 284 g/mol. The standard InChI is InChI=1S/C17H20N2O2/c1-2-21-17(20)14-7-5-9-19(11-14)12-15-10-13-6-3-4-8-16(13)18-15/h3-4,6-8,10,18H,2,5,9,11-12H2,1H3. The van der Waals surface area contributed by atoms with Gasteiger partial charge in [0.25, 0.3) is 0 Å². The van der Waals surface area contributed by atoms with Crippen LogP contribution >= 0.6 is 0 Å². The van der Waals surface area contributed by atoms with Gasteiger partial charge in [0.05, 0.1) is 6.61 Å². The van der Waals surface area contributed by atoms with E-state index < -0.39 is 0 Å². The molecule has 0 unspecified atom stereocenters. The third-order valence-electron chi connectivity index (χ3n) is 3.75. The van der Waals surface area contributed by atoms with Crippen LogP contribution in [0.1, 0.15) is 19.0 Å². The van der Waals surface area contributed by atoms with Gasteiger partial charge in [0, 0.05) is 36.4 Å². The van der Waals surface area contributed by atoms with E-state index in [-0.39, 0.29) is 5.97 Å². The summed E-state index contributed by atoms with van der Waals surface area (Å²) in [6.07, 6.45) is 2.90. The minimum absolute atomic E-state index is 0.182. The first-order valence-electron chi connectivity index (χ1n) is 7.41. The van der Waals surface area contributed by atoms with Crippen molar-refractivity contribution in [2.75, 3.05) is 19.7 Å². The number of hydrogen-bond acceptors (Lipinski definition) is 3. The highest BCUT2D eigenvalue weighted by Crippen LogP contribution is 2.18. The zero-order valence-corrected chi connectivity index (χ0v) is 12.3. The monoisotopic (exact) mass is 284 g/mol. The second-order valence-electron chi connectivity index (χ2n) is 5.33. The summed E-state index contributed by atoms with van der Waals surface area (Å²) in [7, 11) is 0. The smallest absolute Gasteiger partial charge is 0.334 e. The van der Waals surface area contributed by atoms with E-state index in [9.17, 15) is 4.79 Å². The number of aromatic amines is 1. The number of esters is 1. The number of aromatic nitrogens is 1. The molecular weight excluding hydrogens is 264 g/mol. The maximum atomic E-state index is 11.8. The highest BCUT2D eigenvalue weighted by molar-refractivity contribution is 5.89. The van der Waals surface area contributed by atoms with Crippen LogP contribution in [0.4, 0.5) is 0 Å². The molecule has 110 valence electrons. The number of para-hydroxylation sites is 1. The van der Waals surface area contributed by atoms with Gasteiger partial charge in [-0.05, 0) is 30.9 Å². The van der Waals surface area contributed by atoms with Crippen LogP contribution in [0.2, 0.25) is 0 Å². The lowest BCUT2D eigenvalue weighted by Gasteiger charge is -2.25. The van der Waals surface area contributed by atoms with Crippen LogP contribution in [0.25, 0.3) is 10.9 Å². The predicted octanol–water partition coefficient (Wildman–Crippen LogP) is 2.86. The Morgan fingerprint density at radius 2 is 2.24 bits per heavy atom. The third-order valence-corrected chi connectivity index (χ3v) is 3.75. The lowest BCUT2D eigenvalue weighted by molar-refractivity contribution is -0.138. The van der Waals surface area contributed by atoms with E-state index in [2.05, 4.69) is 28.1 Å². The largest absolute Gasteiger partial charge is 0.463 e. The number of fused-ring (bicyclic) bond motifs is 1. The van der Waals surface area contributed by atoms with E-state index in [1.165, 1.54) is 11.1 Å². The van der Waals surface area contributed by atoms with Gasteiger partial charge in [0.2, 0.25) is 0 Å². The van der Waals surface area contributed by atoms with Crippen molar-refractivity contribution >= 4 is 16.9 Å². The molecule has 21 heavy (non-hydrogen) atoms. The van der Waals surface area contributed by atoms with E-state index >= 15 is 0 Å². The Hall–Kier alpha value is -2.07. The minimum atomic E-state index is -0.182. The molecule has 2 aromatic rings.